The van der Waals surface area contributed by atoms with E-state index in [9.17, 15) is 19.5 Å². The Balaban J connectivity index is 0.000000151. The van der Waals surface area contributed by atoms with Gasteiger partial charge in [-0.25, -0.2) is 43.9 Å². The molecule has 10 N–H and O–H groups in total. The summed E-state index contributed by atoms with van der Waals surface area (Å²) in [4.78, 5) is 62.8. The molecule has 0 spiro atoms. The smallest absolute Gasteiger partial charge is 0.251 e. The molecule has 0 fully saturated rings. The summed E-state index contributed by atoms with van der Waals surface area (Å²) in [5, 5.41) is 35.0. The maximum Gasteiger partial charge on any atom is 0.251 e. The van der Waals surface area contributed by atoms with Gasteiger partial charge in [0, 0.05) is 65.6 Å². The molecule has 0 bridgehead atoms. The average Bonchev–Trinajstić information content (AvgIpc) is 1.65. The van der Waals surface area contributed by atoms with Gasteiger partial charge in [0.1, 0.15) is 53.5 Å². The van der Waals surface area contributed by atoms with Crippen LogP contribution in [0.1, 0.15) is 105 Å². The van der Waals surface area contributed by atoms with E-state index >= 15 is 0 Å². The van der Waals surface area contributed by atoms with Crippen molar-refractivity contribution in [3.63, 3.8) is 0 Å². The number of hydrogen-bond donors (Lipinski definition) is 7. The number of hydrogen-bond acceptors (Lipinski definition) is 16. The van der Waals surface area contributed by atoms with E-state index in [0.29, 0.717) is 83.0 Å². The van der Waals surface area contributed by atoms with Crippen LogP contribution in [-0.4, -0.2) is 88.2 Å². The Hall–Kier alpha value is -11.3. The number of aliphatic hydroxyl groups excluding tert-OH is 1. The van der Waals surface area contributed by atoms with Crippen LogP contribution in [0.15, 0.2) is 165 Å². The lowest BCUT2D eigenvalue weighted by molar-refractivity contribution is 0.0942. The Morgan fingerprint density at radius 3 is 1.07 bits per heavy atom. The van der Waals surface area contributed by atoms with Gasteiger partial charge in [-0.3, -0.25) is 14.4 Å². The van der Waals surface area contributed by atoms with Crippen LogP contribution >= 0.6 is 0 Å². The Morgan fingerprint density at radius 1 is 0.424 bits per heavy atom. The van der Waals surface area contributed by atoms with Crippen LogP contribution < -0.4 is 33.2 Å². The fourth-order valence-corrected chi connectivity index (χ4v) is 10.5. The second-order valence-corrected chi connectivity index (χ2v) is 23.1. The molecule has 6 aromatic carbocycles. The number of nitrogen functional groups attached to an aromatic ring is 3. The Kier molecular flexibility index (Phi) is 19.7. The van der Waals surface area contributed by atoms with Crippen LogP contribution in [0.25, 0.3) is 66.9 Å². The number of carbonyl (C=O) groups is 3. The van der Waals surface area contributed by atoms with Crippen molar-refractivity contribution in [2.75, 3.05) is 17.2 Å². The molecule has 1 unspecified atom stereocenters. The number of carbonyl (C=O) groups excluding carboxylic acids is 3. The predicted molar refractivity (Wildman–Crippen MR) is 359 cm³/mol. The molecule has 6 aromatic heterocycles. The molecule has 0 saturated heterocycles. The summed E-state index contributed by atoms with van der Waals surface area (Å²) in [7, 11) is 0. The first-order chi connectivity index (χ1) is 44.3. The number of nitrogens with two attached hydrogens (primary N) is 3. The summed E-state index contributed by atoms with van der Waals surface area (Å²) >= 11 is 0. The van der Waals surface area contributed by atoms with E-state index in [2.05, 4.69) is 78.6 Å². The third kappa shape index (κ3) is 14.6. The fraction of sp³-hybridized carbons (Fsp3) is 0.229. The molecule has 0 aliphatic heterocycles. The maximum absolute atomic E-state index is 12.5. The number of anilines is 3. The molecule has 3 amide bonds. The molecule has 0 saturated carbocycles. The summed E-state index contributed by atoms with van der Waals surface area (Å²) in [5.41, 5.74) is 33.2. The minimum atomic E-state index is -0.577. The van der Waals surface area contributed by atoms with Crippen molar-refractivity contribution in [1.29, 1.82) is 0 Å². The standard InChI is InChI=1S/C24H26N6O.C23H24N6O2.C23H24N6O/c1-15(2)13-30-23-20(22(25)27-14-28-23)21(29-30)18-10-8-17(9-11-18)12-26-24(31)19-7-5-4-6-16(19)3;1-14-5-3-4-6-18(14)23(31)25-11-16-7-9-17(10-8-16)20-19-21(24)26-13-27-22(19)29(28-20)12-15(2)30;1-14(2)29-22-19(21(24)26-13-27-22)20(28-29)17-10-8-16(9-11-17)12-25-23(30)18-7-5-4-6-15(18)3/h4-11,14-15H,12-13H2,1-3H3,(H,26,31)(H2,25,27,28);3-10,13,15,30H,11-12H2,1-2H3,(H,25,31)(H2,24,26,27);4-11,13-14H,12H2,1-3H3,(H,25,30)(H2,24,26,27). The van der Waals surface area contributed by atoms with Gasteiger partial charge in [0.2, 0.25) is 0 Å². The van der Waals surface area contributed by atoms with Gasteiger partial charge < -0.3 is 38.3 Å². The van der Waals surface area contributed by atoms with Crippen molar-refractivity contribution < 1.29 is 19.5 Å². The van der Waals surface area contributed by atoms with Crippen molar-refractivity contribution in [3.8, 4) is 33.8 Å². The van der Waals surface area contributed by atoms with Crippen molar-refractivity contribution >= 4 is 68.3 Å². The molecule has 12 rings (SSSR count). The van der Waals surface area contributed by atoms with E-state index in [1.165, 1.54) is 19.0 Å². The van der Waals surface area contributed by atoms with E-state index in [1.807, 2.05) is 176 Å². The highest BCUT2D eigenvalue weighted by atomic mass is 16.3. The zero-order valence-electron chi connectivity index (χ0n) is 52.6. The van der Waals surface area contributed by atoms with Gasteiger partial charge in [0.05, 0.1) is 28.8 Å². The monoisotopic (exact) mass is 1230 g/mol. The number of aliphatic hydroxyl groups is 1. The van der Waals surface area contributed by atoms with Crippen molar-refractivity contribution in [2.24, 2.45) is 5.92 Å². The molecule has 92 heavy (non-hydrogen) atoms. The normalized spacial score (nSPS) is 11.5. The lowest BCUT2D eigenvalue weighted by Gasteiger charge is -2.08. The minimum absolute atomic E-state index is 0.0782. The number of aromatic nitrogens is 12. The third-order valence-electron chi connectivity index (χ3n) is 15.3. The summed E-state index contributed by atoms with van der Waals surface area (Å²) in [5.74, 6) is 1.34. The highest BCUT2D eigenvalue weighted by Gasteiger charge is 2.22. The molecule has 12 aromatic rings. The van der Waals surface area contributed by atoms with Gasteiger partial charge >= 0.3 is 0 Å². The molecule has 22 nitrogen and oxygen atoms in total. The Labute approximate surface area is 532 Å². The van der Waals surface area contributed by atoms with Crippen LogP contribution in [-0.2, 0) is 32.7 Å². The molecule has 0 aliphatic rings. The quantitative estimate of drug-likeness (QED) is 0.0446. The van der Waals surface area contributed by atoms with E-state index in [1.54, 1.807) is 11.6 Å². The Bertz CT molecular complexity index is 4400. The second-order valence-electron chi connectivity index (χ2n) is 23.1. The predicted octanol–water partition coefficient (Wildman–Crippen LogP) is 10.6. The molecule has 0 aliphatic carbocycles. The zero-order valence-corrected chi connectivity index (χ0v) is 52.6. The van der Waals surface area contributed by atoms with E-state index in [4.69, 9.17) is 27.4 Å². The molecule has 6 heterocycles. The van der Waals surface area contributed by atoms with Gasteiger partial charge in [0.15, 0.2) is 16.9 Å². The first kappa shape index (κ1) is 63.7. The SMILES string of the molecule is Cc1ccccc1C(=O)NCc1ccc(-c2nn(C(C)C)c3ncnc(N)c23)cc1.Cc1ccccc1C(=O)NCc1ccc(-c2nn(CC(C)C)c3ncnc(N)c23)cc1.Cc1ccccc1C(=O)NCc1ccc(-c2nn(CC(C)O)c3ncnc(N)c23)cc1. The average molecular weight is 1230 g/mol. The minimum Gasteiger partial charge on any atom is -0.391 e. The van der Waals surface area contributed by atoms with Crippen LogP contribution in [0.5, 0.6) is 0 Å². The van der Waals surface area contributed by atoms with Gasteiger partial charge in [-0.2, -0.15) is 15.3 Å². The lowest BCUT2D eigenvalue weighted by Crippen LogP contribution is -2.23. The van der Waals surface area contributed by atoms with Crippen LogP contribution in [0, 0.1) is 26.7 Å². The first-order valence-corrected chi connectivity index (χ1v) is 30.2. The summed E-state index contributed by atoms with van der Waals surface area (Å²) < 4.78 is 5.40. The summed E-state index contributed by atoms with van der Waals surface area (Å²) in [6, 6.07) is 46.4. The number of benzene rings is 6. The van der Waals surface area contributed by atoms with Gasteiger partial charge in [-0.1, -0.05) is 141 Å². The van der Waals surface area contributed by atoms with E-state index < -0.39 is 6.10 Å². The highest BCUT2D eigenvalue weighted by Crippen LogP contribution is 2.34. The van der Waals surface area contributed by atoms with E-state index in [-0.39, 0.29) is 23.8 Å². The molecular formula is C70H74N18O4. The van der Waals surface area contributed by atoms with Crippen LogP contribution in [0.3, 0.4) is 0 Å². The number of rotatable bonds is 17. The number of nitrogens with zero attached hydrogens (tertiary/aromatic N) is 12. The lowest BCUT2D eigenvalue weighted by atomic mass is 10.1. The number of aryl methyl sites for hydroxylation is 3. The van der Waals surface area contributed by atoms with Crippen LogP contribution in [0.2, 0.25) is 0 Å². The Morgan fingerprint density at radius 2 is 0.739 bits per heavy atom. The van der Waals surface area contributed by atoms with Crippen LogP contribution in [0.4, 0.5) is 17.5 Å². The largest absolute Gasteiger partial charge is 0.391 e. The van der Waals surface area contributed by atoms with Gasteiger partial charge in [-0.05, 0) is 99.0 Å². The summed E-state index contributed by atoms with van der Waals surface area (Å²) in [6.07, 6.45) is 3.75. The van der Waals surface area contributed by atoms with Gasteiger partial charge in [-0.15, -0.1) is 0 Å². The summed E-state index contributed by atoms with van der Waals surface area (Å²) in [6.45, 7) is 18.2. The topological polar surface area (TPSA) is 316 Å². The molecule has 468 valence electrons. The second kappa shape index (κ2) is 28.5. The fourth-order valence-electron chi connectivity index (χ4n) is 10.5. The number of amides is 3. The van der Waals surface area contributed by atoms with Crippen molar-refractivity contribution in [1.82, 2.24) is 75.2 Å². The third-order valence-corrected chi connectivity index (χ3v) is 15.3. The molecular weight excluding hydrogens is 1160 g/mol. The molecule has 0 radical (unpaired) electrons. The zero-order chi connectivity index (χ0) is 65.2. The van der Waals surface area contributed by atoms with Gasteiger partial charge in [0.25, 0.3) is 17.7 Å². The molecule has 1 atom stereocenters. The van der Waals surface area contributed by atoms with Crippen molar-refractivity contribution in [2.45, 2.75) is 100 Å². The number of fused-ring (bicyclic) bond motifs is 3. The maximum atomic E-state index is 12.5. The van der Waals surface area contributed by atoms with E-state index in [0.717, 1.165) is 90.1 Å². The van der Waals surface area contributed by atoms with Crippen molar-refractivity contribution in [3.05, 3.63) is 215 Å². The first-order valence-electron chi connectivity index (χ1n) is 30.2. The number of nitrogens with one attached hydrogen (secondary N) is 3. The molecule has 22 heteroatoms. The highest BCUT2D eigenvalue weighted by molar-refractivity contribution is 6.01.